The van der Waals surface area contributed by atoms with Crippen LogP contribution in [0.5, 0.6) is 0 Å². The van der Waals surface area contributed by atoms with E-state index in [1.807, 2.05) is 4.90 Å². The van der Waals surface area contributed by atoms with Crippen molar-refractivity contribution in [2.45, 2.75) is 138 Å². The van der Waals surface area contributed by atoms with Gasteiger partial charge in [-0.3, -0.25) is 14.4 Å². The third-order valence-corrected chi connectivity index (χ3v) is 15.9. The summed E-state index contributed by atoms with van der Waals surface area (Å²) < 4.78 is 16.9. The van der Waals surface area contributed by atoms with E-state index in [9.17, 15) is 19.5 Å². The molecule has 8 heteroatoms. The molecule has 0 bridgehead atoms. The summed E-state index contributed by atoms with van der Waals surface area (Å²) in [5.41, 5.74) is -0.565. The predicted octanol–water partition coefficient (Wildman–Crippen LogP) is 7.77. The molecule has 9 atom stereocenters. The van der Waals surface area contributed by atoms with Crippen LogP contribution < -0.4 is 0 Å². The lowest BCUT2D eigenvalue weighted by atomic mass is 9.32. The number of carboxylic acids is 1. The molecule has 274 valence electrons. The Morgan fingerprint density at radius 3 is 2.06 bits per heavy atom. The largest absolute Gasteiger partial charge is 0.481 e. The fourth-order valence-corrected chi connectivity index (χ4v) is 13.0. The van der Waals surface area contributed by atoms with Gasteiger partial charge in [0.05, 0.1) is 25.0 Å². The molecule has 2 unspecified atom stereocenters. The van der Waals surface area contributed by atoms with E-state index in [2.05, 4.69) is 34.6 Å². The van der Waals surface area contributed by atoms with Crippen molar-refractivity contribution < 1.29 is 33.7 Å². The summed E-state index contributed by atoms with van der Waals surface area (Å²) >= 11 is 0. The Kier molecular flexibility index (Phi) is 10.5. The molecule has 0 radical (unpaired) electrons. The van der Waals surface area contributed by atoms with Gasteiger partial charge in [0.15, 0.2) is 0 Å². The van der Waals surface area contributed by atoms with Crippen LogP contribution in [0.2, 0.25) is 0 Å². The number of esters is 1. The van der Waals surface area contributed by atoms with Crippen molar-refractivity contribution in [2.24, 2.45) is 56.2 Å². The van der Waals surface area contributed by atoms with Crippen molar-refractivity contribution >= 4 is 17.8 Å². The number of hydrogen-bond acceptors (Lipinski definition) is 6. The average Bonchev–Trinajstić information content (AvgIpc) is 3.42. The quantitative estimate of drug-likeness (QED) is 0.211. The maximum atomic E-state index is 13.9. The first-order valence-electron chi connectivity index (χ1n) is 19.1. The second-order valence-electron chi connectivity index (χ2n) is 18.8. The number of hydrogen-bond donors (Lipinski definition) is 1. The zero-order valence-corrected chi connectivity index (χ0v) is 31.8. The molecule has 0 heterocycles. The minimum atomic E-state index is -1.14. The lowest BCUT2D eigenvalue weighted by Gasteiger charge is -2.72. The summed E-state index contributed by atoms with van der Waals surface area (Å²) in [6.07, 6.45) is 13.1. The number of methoxy groups -OCH3 is 2. The number of carboxylic acid groups (broad SMARTS) is 1. The Bertz CT molecular complexity index is 1210. The first-order valence-corrected chi connectivity index (χ1v) is 19.1. The molecule has 0 aromatic carbocycles. The van der Waals surface area contributed by atoms with Crippen LogP contribution in [-0.4, -0.2) is 74.5 Å². The number of amides is 1. The van der Waals surface area contributed by atoms with Gasteiger partial charge in [0.2, 0.25) is 5.91 Å². The van der Waals surface area contributed by atoms with Crippen LogP contribution in [0.15, 0.2) is 0 Å². The van der Waals surface area contributed by atoms with Crippen molar-refractivity contribution in [3.8, 4) is 0 Å². The van der Waals surface area contributed by atoms with E-state index in [-0.39, 0.29) is 51.5 Å². The smallest absolute Gasteiger partial charge is 0.309 e. The number of carbonyl (C=O) groups is 3. The SMILES string of the molecule is COCCN(CCOC)C(=O)C[C@]12CCC[C@@H]1[C@H]1CCC3[C@@]4(C)CC[C@H](OC(=O)CC(C)(C)C(=O)O)C(C)(C)C4CC[C@@]3(C)[C@]1(C)CC2. The van der Waals surface area contributed by atoms with Crippen LogP contribution in [0.1, 0.15) is 132 Å². The van der Waals surface area contributed by atoms with Gasteiger partial charge in [-0.2, -0.15) is 0 Å². The molecule has 0 aliphatic heterocycles. The van der Waals surface area contributed by atoms with E-state index >= 15 is 0 Å². The van der Waals surface area contributed by atoms with Crippen LogP contribution in [0.4, 0.5) is 0 Å². The highest BCUT2D eigenvalue weighted by molar-refractivity contribution is 5.81. The maximum Gasteiger partial charge on any atom is 0.309 e. The number of fused-ring (bicyclic) bond motifs is 7. The second-order valence-corrected chi connectivity index (χ2v) is 18.8. The molecule has 5 aliphatic carbocycles. The summed E-state index contributed by atoms with van der Waals surface area (Å²) in [4.78, 5) is 40.6. The molecule has 48 heavy (non-hydrogen) atoms. The van der Waals surface area contributed by atoms with Gasteiger partial charge in [-0.25, -0.2) is 0 Å². The Labute approximate surface area is 290 Å². The lowest BCUT2D eigenvalue weighted by molar-refractivity contribution is -0.248. The molecule has 0 spiro atoms. The Hall–Kier alpha value is -1.67. The molecule has 5 saturated carbocycles. The number of ether oxygens (including phenoxy) is 3. The lowest BCUT2D eigenvalue weighted by Crippen LogP contribution is -2.66. The first kappa shape index (κ1) is 37.6. The Morgan fingerprint density at radius 1 is 0.771 bits per heavy atom. The minimum absolute atomic E-state index is 0.107. The van der Waals surface area contributed by atoms with E-state index in [1.54, 1.807) is 28.1 Å². The van der Waals surface area contributed by atoms with Crippen LogP contribution in [-0.2, 0) is 28.6 Å². The van der Waals surface area contributed by atoms with Crippen LogP contribution in [0.25, 0.3) is 0 Å². The van der Waals surface area contributed by atoms with E-state index in [0.717, 1.165) is 25.7 Å². The molecule has 8 nitrogen and oxygen atoms in total. The average molecular weight is 674 g/mol. The van der Waals surface area contributed by atoms with Crippen LogP contribution >= 0.6 is 0 Å². The van der Waals surface area contributed by atoms with Gasteiger partial charge in [-0.15, -0.1) is 0 Å². The van der Waals surface area contributed by atoms with E-state index in [1.165, 1.54) is 44.9 Å². The molecule has 1 amide bonds. The zero-order chi connectivity index (χ0) is 35.3. The molecule has 1 N–H and O–H groups in total. The highest BCUT2D eigenvalue weighted by Crippen LogP contribution is 2.77. The van der Waals surface area contributed by atoms with Gasteiger partial charge in [0.25, 0.3) is 0 Å². The first-order chi connectivity index (χ1) is 22.4. The Balaban J connectivity index is 1.34. The van der Waals surface area contributed by atoms with Gasteiger partial charge in [-0.1, -0.05) is 41.0 Å². The van der Waals surface area contributed by atoms with Crippen molar-refractivity contribution in [2.75, 3.05) is 40.5 Å². The summed E-state index contributed by atoms with van der Waals surface area (Å²) in [5.74, 6) is 1.23. The van der Waals surface area contributed by atoms with E-state index in [4.69, 9.17) is 14.2 Å². The molecular weight excluding hydrogens is 606 g/mol. The van der Waals surface area contributed by atoms with Crippen LogP contribution in [0, 0.1) is 56.2 Å². The summed E-state index contributed by atoms with van der Waals surface area (Å²) in [5, 5.41) is 9.57. The highest BCUT2D eigenvalue weighted by Gasteiger charge is 2.70. The van der Waals surface area contributed by atoms with Crippen molar-refractivity contribution in [1.29, 1.82) is 0 Å². The fraction of sp³-hybridized carbons (Fsp3) is 0.925. The van der Waals surface area contributed by atoms with Crippen LogP contribution in [0.3, 0.4) is 0 Å². The van der Waals surface area contributed by atoms with Gasteiger partial charge in [-0.05, 0) is 123 Å². The zero-order valence-electron chi connectivity index (χ0n) is 31.8. The van der Waals surface area contributed by atoms with Crippen molar-refractivity contribution in [3.05, 3.63) is 0 Å². The molecular formula is C40H67NO7. The molecule has 5 aliphatic rings. The molecule has 5 fully saturated rings. The summed E-state index contributed by atoms with van der Waals surface area (Å²) in [6, 6.07) is 0. The number of carbonyl (C=O) groups excluding carboxylic acids is 2. The topological polar surface area (TPSA) is 102 Å². The Morgan fingerprint density at radius 2 is 1.44 bits per heavy atom. The summed E-state index contributed by atoms with van der Waals surface area (Å²) in [6.45, 7) is 18.0. The third kappa shape index (κ3) is 6.15. The molecule has 0 saturated heterocycles. The predicted molar refractivity (Wildman–Crippen MR) is 186 cm³/mol. The number of rotatable bonds is 12. The standard InChI is InChI=1S/C40H67NO7/c1-35(2,34(44)45)26-33(43)48-31-15-17-37(5)29(36(31,3)4)14-18-39(7)30(37)13-12-27-28-11-10-16-40(28,20-19-38(27,39)6)25-32(42)41(21-23-46-8)22-24-47-9/h27-31H,10-26H2,1-9H3,(H,44,45)/t27-,28-,29?,30?,31+,37+,38-,39-,40-/m1/s1. The van der Waals surface area contributed by atoms with Gasteiger partial charge in [0, 0.05) is 39.1 Å². The second kappa shape index (κ2) is 13.5. The maximum absolute atomic E-state index is 13.9. The van der Waals surface area contributed by atoms with Crippen molar-refractivity contribution in [1.82, 2.24) is 4.90 Å². The normalized spacial score (nSPS) is 40.1. The van der Waals surface area contributed by atoms with Gasteiger partial charge < -0.3 is 24.2 Å². The van der Waals surface area contributed by atoms with Gasteiger partial charge >= 0.3 is 11.9 Å². The van der Waals surface area contributed by atoms with E-state index < -0.39 is 11.4 Å². The van der Waals surface area contributed by atoms with Gasteiger partial charge in [0.1, 0.15) is 6.10 Å². The van der Waals surface area contributed by atoms with Crippen molar-refractivity contribution in [3.63, 3.8) is 0 Å². The number of nitrogens with zero attached hydrogens (tertiary/aromatic N) is 1. The summed E-state index contributed by atoms with van der Waals surface area (Å²) in [7, 11) is 3.40. The minimum Gasteiger partial charge on any atom is -0.481 e. The monoisotopic (exact) mass is 673 g/mol. The molecule has 0 aromatic heterocycles. The highest BCUT2D eigenvalue weighted by atomic mass is 16.5. The fourth-order valence-electron chi connectivity index (χ4n) is 13.0. The number of aliphatic carboxylic acids is 1. The van der Waals surface area contributed by atoms with E-state index in [0.29, 0.717) is 56.4 Å². The molecule has 5 rings (SSSR count). The molecule has 0 aromatic rings. The third-order valence-electron chi connectivity index (χ3n) is 15.9.